The van der Waals surface area contributed by atoms with Crippen LogP contribution in [0, 0.1) is 5.82 Å². The molecule has 0 aromatic heterocycles. The van der Waals surface area contributed by atoms with Gasteiger partial charge in [-0.05, 0) is 35.9 Å². The molecule has 0 radical (unpaired) electrons. The Hall–Kier alpha value is -1.34. The Kier molecular flexibility index (Phi) is 4.73. The van der Waals surface area contributed by atoms with Gasteiger partial charge in [0.2, 0.25) is 0 Å². The van der Waals surface area contributed by atoms with Crippen molar-refractivity contribution in [2.45, 2.75) is 11.5 Å². The number of anilines is 1. The Morgan fingerprint density at radius 3 is 2.48 bits per heavy atom. The predicted octanol–water partition coefficient (Wildman–Crippen LogP) is 3.43. The minimum atomic E-state index is -4.09. The fourth-order valence-electron chi connectivity index (χ4n) is 1.68. The van der Waals surface area contributed by atoms with Crippen LogP contribution < -0.4 is 4.72 Å². The molecular formula is C13H10Cl2FNO3S. The highest BCUT2D eigenvalue weighted by atomic mass is 35.5. The molecule has 0 bridgehead atoms. The molecule has 0 saturated carbocycles. The lowest BCUT2D eigenvalue weighted by Crippen LogP contribution is -2.15. The Morgan fingerprint density at radius 1 is 1.14 bits per heavy atom. The predicted molar refractivity (Wildman–Crippen MR) is 79.6 cm³/mol. The summed E-state index contributed by atoms with van der Waals surface area (Å²) in [6, 6.07) is 7.33. The molecule has 4 nitrogen and oxygen atoms in total. The van der Waals surface area contributed by atoms with E-state index in [9.17, 15) is 17.9 Å². The van der Waals surface area contributed by atoms with E-state index in [1.54, 1.807) is 0 Å². The fourth-order valence-corrected chi connectivity index (χ4v) is 3.52. The zero-order valence-electron chi connectivity index (χ0n) is 10.5. The molecule has 21 heavy (non-hydrogen) atoms. The number of halogens is 3. The molecule has 0 atom stereocenters. The van der Waals surface area contributed by atoms with Crippen LogP contribution in [0.1, 0.15) is 5.56 Å². The van der Waals surface area contributed by atoms with E-state index in [1.165, 1.54) is 24.3 Å². The Morgan fingerprint density at radius 2 is 1.86 bits per heavy atom. The van der Waals surface area contributed by atoms with Crippen molar-refractivity contribution in [1.29, 1.82) is 0 Å². The molecule has 0 aliphatic carbocycles. The Bertz CT molecular complexity index is 781. The molecule has 112 valence electrons. The molecule has 0 fully saturated rings. The summed E-state index contributed by atoms with van der Waals surface area (Å²) in [7, 11) is -4.09. The zero-order chi connectivity index (χ0) is 15.6. The van der Waals surface area contributed by atoms with Crippen LogP contribution in [0.4, 0.5) is 10.1 Å². The van der Waals surface area contributed by atoms with E-state index < -0.39 is 22.4 Å². The average molecular weight is 350 g/mol. The van der Waals surface area contributed by atoms with E-state index in [2.05, 4.69) is 4.72 Å². The van der Waals surface area contributed by atoms with Gasteiger partial charge < -0.3 is 5.11 Å². The molecule has 0 aliphatic heterocycles. The molecule has 8 heteroatoms. The van der Waals surface area contributed by atoms with Gasteiger partial charge in [0.1, 0.15) is 5.82 Å². The molecule has 0 amide bonds. The first-order valence-electron chi connectivity index (χ1n) is 5.70. The Labute approximate surface area is 131 Å². The smallest absolute Gasteiger partial charge is 0.262 e. The van der Waals surface area contributed by atoms with Gasteiger partial charge in [0, 0.05) is 5.02 Å². The summed E-state index contributed by atoms with van der Waals surface area (Å²) in [6.07, 6.45) is 0. The summed E-state index contributed by atoms with van der Waals surface area (Å²) in [5.41, 5.74) is 0.184. The number of hydrogen-bond donors (Lipinski definition) is 2. The Balaban J connectivity index is 2.45. The minimum absolute atomic E-state index is 0.0778. The van der Waals surface area contributed by atoms with Gasteiger partial charge in [0.15, 0.2) is 0 Å². The molecule has 2 rings (SSSR count). The highest BCUT2D eigenvalue weighted by Crippen LogP contribution is 2.28. The van der Waals surface area contributed by atoms with Gasteiger partial charge in [-0.15, -0.1) is 0 Å². The number of aliphatic hydroxyl groups is 1. The standard InChI is InChI=1S/C13H10Cl2FNO3S/c14-9-2-4-12(11(15)5-9)17-21(19,20)13-6-10(16)3-1-8(13)7-18/h1-6,17-18H,7H2. The SMILES string of the molecule is O=S(=O)(Nc1ccc(Cl)cc1Cl)c1cc(F)ccc1CO. The van der Waals surface area contributed by atoms with Crippen LogP contribution in [-0.2, 0) is 16.6 Å². The van der Waals surface area contributed by atoms with Crippen LogP contribution in [0.15, 0.2) is 41.3 Å². The molecule has 2 N–H and O–H groups in total. The van der Waals surface area contributed by atoms with E-state index in [1.807, 2.05) is 0 Å². The molecule has 0 saturated heterocycles. The van der Waals surface area contributed by atoms with Crippen LogP contribution >= 0.6 is 23.2 Å². The second-order valence-electron chi connectivity index (χ2n) is 4.14. The van der Waals surface area contributed by atoms with Crippen molar-refractivity contribution in [3.8, 4) is 0 Å². The third kappa shape index (κ3) is 3.65. The van der Waals surface area contributed by atoms with E-state index >= 15 is 0 Å². The maximum absolute atomic E-state index is 13.3. The summed E-state index contributed by atoms with van der Waals surface area (Å²) in [6.45, 7) is -0.537. The van der Waals surface area contributed by atoms with Crippen molar-refractivity contribution in [3.63, 3.8) is 0 Å². The van der Waals surface area contributed by atoms with Crippen molar-refractivity contribution in [2.24, 2.45) is 0 Å². The van der Waals surface area contributed by atoms with Crippen molar-refractivity contribution < 1.29 is 17.9 Å². The molecule has 0 aliphatic rings. The van der Waals surface area contributed by atoms with E-state index in [0.29, 0.717) is 5.02 Å². The van der Waals surface area contributed by atoms with Gasteiger partial charge in [0.25, 0.3) is 10.0 Å². The lowest BCUT2D eigenvalue weighted by molar-refractivity contribution is 0.278. The summed E-state index contributed by atoms with van der Waals surface area (Å²) >= 11 is 11.6. The van der Waals surface area contributed by atoms with Gasteiger partial charge in [-0.1, -0.05) is 29.3 Å². The highest BCUT2D eigenvalue weighted by Gasteiger charge is 2.20. The quantitative estimate of drug-likeness (QED) is 0.888. The van der Waals surface area contributed by atoms with Crippen LogP contribution in [0.3, 0.4) is 0 Å². The second kappa shape index (κ2) is 6.19. The summed E-state index contributed by atoms with van der Waals surface area (Å²) in [5.74, 6) is -0.727. The van der Waals surface area contributed by atoms with Crippen LogP contribution in [0.25, 0.3) is 0 Å². The summed E-state index contributed by atoms with van der Waals surface area (Å²) in [5, 5.41) is 9.63. The van der Waals surface area contributed by atoms with Crippen molar-refractivity contribution in [1.82, 2.24) is 0 Å². The van der Waals surface area contributed by atoms with Gasteiger partial charge in [-0.25, -0.2) is 12.8 Å². The average Bonchev–Trinajstić information content (AvgIpc) is 2.42. The van der Waals surface area contributed by atoms with Crippen LogP contribution in [-0.4, -0.2) is 13.5 Å². The molecule has 2 aromatic rings. The first-order chi connectivity index (χ1) is 9.83. The maximum Gasteiger partial charge on any atom is 0.262 e. The van der Waals surface area contributed by atoms with Gasteiger partial charge >= 0.3 is 0 Å². The van der Waals surface area contributed by atoms with Crippen molar-refractivity contribution >= 4 is 38.9 Å². The number of aliphatic hydroxyl groups excluding tert-OH is 1. The van der Waals surface area contributed by atoms with Gasteiger partial charge in [-0.2, -0.15) is 0 Å². The van der Waals surface area contributed by atoms with E-state index in [4.69, 9.17) is 23.2 Å². The van der Waals surface area contributed by atoms with Gasteiger partial charge in [-0.3, -0.25) is 4.72 Å². The maximum atomic E-state index is 13.3. The summed E-state index contributed by atoms with van der Waals surface area (Å²) in [4.78, 5) is -0.351. The molecule has 2 aromatic carbocycles. The summed E-state index contributed by atoms with van der Waals surface area (Å²) < 4.78 is 40.1. The largest absolute Gasteiger partial charge is 0.392 e. The second-order valence-corrected chi connectivity index (χ2v) is 6.63. The third-order valence-electron chi connectivity index (χ3n) is 2.66. The number of rotatable bonds is 4. The molecular weight excluding hydrogens is 340 g/mol. The first-order valence-corrected chi connectivity index (χ1v) is 7.94. The normalized spacial score (nSPS) is 11.4. The topological polar surface area (TPSA) is 66.4 Å². The van der Waals surface area contributed by atoms with Crippen molar-refractivity contribution in [2.75, 3.05) is 4.72 Å². The lowest BCUT2D eigenvalue weighted by Gasteiger charge is -2.12. The number of benzene rings is 2. The first kappa shape index (κ1) is 16.0. The van der Waals surface area contributed by atoms with Gasteiger partial charge in [0.05, 0.1) is 22.2 Å². The number of sulfonamides is 1. The molecule has 0 heterocycles. The van der Waals surface area contributed by atoms with E-state index in [-0.39, 0.29) is 21.2 Å². The molecule has 0 spiro atoms. The van der Waals surface area contributed by atoms with E-state index in [0.717, 1.165) is 12.1 Å². The van der Waals surface area contributed by atoms with Crippen LogP contribution in [0.2, 0.25) is 10.0 Å². The molecule has 0 unspecified atom stereocenters. The monoisotopic (exact) mass is 349 g/mol. The minimum Gasteiger partial charge on any atom is -0.392 e. The van der Waals surface area contributed by atoms with Crippen LogP contribution in [0.5, 0.6) is 0 Å². The number of hydrogen-bond acceptors (Lipinski definition) is 3. The number of nitrogens with one attached hydrogen (secondary N) is 1. The zero-order valence-corrected chi connectivity index (χ0v) is 12.8. The third-order valence-corrected chi connectivity index (χ3v) is 4.66. The van der Waals surface area contributed by atoms with Crippen molar-refractivity contribution in [3.05, 3.63) is 57.8 Å². The highest BCUT2D eigenvalue weighted by molar-refractivity contribution is 7.92. The lowest BCUT2D eigenvalue weighted by atomic mass is 10.2. The fraction of sp³-hybridized carbons (Fsp3) is 0.0769.